The fraction of sp³-hybridized carbons (Fsp3) is 0.455. The molecule has 1 atom stereocenters. The fourth-order valence-electron chi connectivity index (χ4n) is 4.34. The number of nitriles is 1. The van der Waals surface area contributed by atoms with E-state index in [0.29, 0.717) is 43.9 Å². The van der Waals surface area contributed by atoms with Gasteiger partial charge >= 0.3 is 6.03 Å². The molecule has 9 nitrogen and oxygen atoms in total. The first-order valence-electron chi connectivity index (χ1n) is 10.8. The van der Waals surface area contributed by atoms with Crippen molar-refractivity contribution in [3.63, 3.8) is 0 Å². The minimum atomic E-state index is -2.45. The number of urea groups is 1. The van der Waals surface area contributed by atoms with Crippen molar-refractivity contribution < 1.29 is 22.8 Å². The monoisotopic (exact) mass is 475 g/mol. The lowest BCUT2D eigenvalue weighted by Crippen LogP contribution is -2.40. The standard InChI is InChI=1S/C22H24F3N7O2/c1-30-10-13(8-27-9-19(24)25)11-32-20(21(30)33)16-12-31(5-4-18(16)29-32)22(34)28-15-2-3-17(23)14(6-15)7-26/h2-3,6,13,19,27H,4-5,8-12H2,1H3,(H,28,34)/t13-/m0/s1. The highest BCUT2D eigenvalue weighted by Crippen LogP contribution is 2.27. The van der Waals surface area contributed by atoms with Crippen LogP contribution in [0.1, 0.15) is 27.3 Å². The van der Waals surface area contributed by atoms with Crippen molar-refractivity contribution in [1.82, 2.24) is 24.9 Å². The van der Waals surface area contributed by atoms with Gasteiger partial charge in [-0.1, -0.05) is 0 Å². The lowest BCUT2D eigenvalue weighted by atomic mass is 10.0. The van der Waals surface area contributed by atoms with E-state index < -0.39 is 24.8 Å². The molecule has 0 saturated heterocycles. The second-order valence-corrected chi connectivity index (χ2v) is 8.47. The minimum Gasteiger partial charge on any atom is -0.340 e. The Morgan fingerprint density at radius 1 is 1.35 bits per heavy atom. The molecule has 3 amide bonds. The smallest absolute Gasteiger partial charge is 0.322 e. The molecule has 0 saturated carbocycles. The maximum Gasteiger partial charge on any atom is 0.322 e. The first-order chi connectivity index (χ1) is 16.3. The van der Waals surface area contributed by atoms with Crippen molar-refractivity contribution in [2.24, 2.45) is 5.92 Å². The first kappa shape index (κ1) is 23.6. The maximum absolute atomic E-state index is 13.6. The van der Waals surface area contributed by atoms with E-state index in [9.17, 15) is 22.8 Å². The Morgan fingerprint density at radius 3 is 2.88 bits per heavy atom. The molecular formula is C22H24F3N7O2. The van der Waals surface area contributed by atoms with Crippen molar-refractivity contribution in [3.05, 3.63) is 46.5 Å². The third-order valence-electron chi connectivity index (χ3n) is 5.97. The second kappa shape index (κ2) is 9.72. The van der Waals surface area contributed by atoms with Gasteiger partial charge in [0.25, 0.3) is 12.3 Å². The van der Waals surface area contributed by atoms with Gasteiger partial charge in [-0.15, -0.1) is 0 Å². The molecule has 1 aromatic carbocycles. The number of hydrogen-bond acceptors (Lipinski definition) is 5. The Bertz CT molecular complexity index is 1140. The van der Waals surface area contributed by atoms with E-state index in [4.69, 9.17) is 5.26 Å². The summed E-state index contributed by atoms with van der Waals surface area (Å²) in [4.78, 5) is 29.0. The van der Waals surface area contributed by atoms with Crippen LogP contribution in [0.15, 0.2) is 18.2 Å². The minimum absolute atomic E-state index is 0.0949. The zero-order chi connectivity index (χ0) is 24.4. The van der Waals surface area contributed by atoms with Gasteiger partial charge in [0.15, 0.2) is 0 Å². The average molecular weight is 475 g/mol. The Labute approximate surface area is 194 Å². The van der Waals surface area contributed by atoms with Crippen LogP contribution >= 0.6 is 0 Å². The van der Waals surface area contributed by atoms with Crippen LogP contribution in [0.25, 0.3) is 0 Å². The summed E-state index contributed by atoms with van der Waals surface area (Å²) in [6, 6.07) is 5.04. The molecule has 2 N–H and O–H groups in total. The van der Waals surface area contributed by atoms with Gasteiger partial charge in [-0.3, -0.25) is 9.48 Å². The zero-order valence-electron chi connectivity index (χ0n) is 18.5. The summed E-state index contributed by atoms with van der Waals surface area (Å²) >= 11 is 0. The number of fused-ring (bicyclic) bond motifs is 3. The summed E-state index contributed by atoms with van der Waals surface area (Å²) in [5.41, 5.74) is 1.91. The van der Waals surface area contributed by atoms with Crippen LogP contribution in [0.4, 0.5) is 23.7 Å². The predicted octanol–water partition coefficient (Wildman–Crippen LogP) is 2.04. The molecule has 0 unspecified atom stereocenters. The number of anilines is 1. The number of halogens is 3. The number of alkyl halides is 2. The van der Waals surface area contributed by atoms with E-state index >= 15 is 0 Å². The third kappa shape index (κ3) is 4.84. The molecule has 34 heavy (non-hydrogen) atoms. The number of benzene rings is 1. The first-order valence-corrected chi connectivity index (χ1v) is 10.8. The van der Waals surface area contributed by atoms with E-state index in [1.165, 1.54) is 17.0 Å². The largest absolute Gasteiger partial charge is 0.340 e. The number of rotatable bonds is 5. The molecule has 2 aliphatic heterocycles. The molecule has 12 heteroatoms. The van der Waals surface area contributed by atoms with Gasteiger partial charge in [-0.05, 0) is 18.2 Å². The highest BCUT2D eigenvalue weighted by molar-refractivity contribution is 5.95. The fourth-order valence-corrected chi connectivity index (χ4v) is 4.34. The number of aromatic nitrogens is 2. The van der Waals surface area contributed by atoms with Gasteiger partial charge < -0.3 is 20.4 Å². The summed E-state index contributed by atoms with van der Waals surface area (Å²) in [6.45, 7) is 1.23. The summed E-state index contributed by atoms with van der Waals surface area (Å²) in [6.07, 6.45) is -2.00. The Kier molecular flexibility index (Phi) is 6.74. The van der Waals surface area contributed by atoms with Crippen LogP contribution in [-0.2, 0) is 19.5 Å². The zero-order valence-corrected chi connectivity index (χ0v) is 18.5. The number of nitrogens with zero attached hydrogens (tertiary/aromatic N) is 5. The van der Waals surface area contributed by atoms with Gasteiger partial charge in [0.2, 0.25) is 0 Å². The molecule has 0 aliphatic carbocycles. The number of hydrogen-bond donors (Lipinski definition) is 2. The summed E-state index contributed by atoms with van der Waals surface area (Å²) in [5, 5.41) is 19.0. The molecular weight excluding hydrogens is 451 g/mol. The van der Waals surface area contributed by atoms with Crippen LogP contribution in [0.3, 0.4) is 0 Å². The molecule has 4 rings (SSSR count). The lowest BCUT2D eigenvalue weighted by Gasteiger charge is -2.27. The molecule has 180 valence electrons. The molecule has 0 fully saturated rings. The van der Waals surface area contributed by atoms with Crippen molar-refractivity contribution >= 4 is 17.6 Å². The molecule has 0 radical (unpaired) electrons. The molecule has 3 heterocycles. The van der Waals surface area contributed by atoms with Crippen molar-refractivity contribution in [3.8, 4) is 6.07 Å². The van der Waals surface area contributed by atoms with Crippen LogP contribution in [0.2, 0.25) is 0 Å². The summed E-state index contributed by atoms with van der Waals surface area (Å²) < 4.78 is 40.2. The molecule has 1 aromatic heterocycles. The van der Waals surface area contributed by atoms with Crippen LogP contribution in [0.5, 0.6) is 0 Å². The highest BCUT2D eigenvalue weighted by Gasteiger charge is 2.34. The van der Waals surface area contributed by atoms with Crippen molar-refractivity contribution in [2.75, 3.05) is 38.5 Å². The third-order valence-corrected chi connectivity index (χ3v) is 5.97. The highest BCUT2D eigenvalue weighted by atomic mass is 19.3. The number of carbonyl (C=O) groups excluding carboxylic acids is 2. The van der Waals surface area contributed by atoms with E-state index in [-0.39, 0.29) is 29.6 Å². The van der Waals surface area contributed by atoms with E-state index in [2.05, 4.69) is 15.7 Å². The molecule has 2 aromatic rings. The predicted molar refractivity (Wildman–Crippen MR) is 116 cm³/mol. The molecule has 2 aliphatic rings. The van der Waals surface area contributed by atoms with Crippen molar-refractivity contribution in [2.45, 2.75) is 25.9 Å². The number of amides is 3. The van der Waals surface area contributed by atoms with E-state index in [0.717, 1.165) is 11.8 Å². The van der Waals surface area contributed by atoms with E-state index in [1.54, 1.807) is 22.7 Å². The maximum atomic E-state index is 13.6. The average Bonchev–Trinajstić information content (AvgIpc) is 3.10. The SMILES string of the molecule is CN1C[C@H](CNCC(F)F)Cn2nc3c(c2C1=O)CN(C(=O)Nc1ccc(F)c(C#N)c1)CC3. The van der Waals surface area contributed by atoms with Crippen LogP contribution in [-0.4, -0.2) is 71.2 Å². The van der Waals surface area contributed by atoms with Crippen molar-refractivity contribution in [1.29, 1.82) is 5.26 Å². The van der Waals surface area contributed by atoms with Gasteiger partial charge in [0, 0.05) is 56.8 Å². The summed E-state index contributed by atoms with van der Waals surface area (Å²) in [7, 11) is 1.66. The normalized spacial score (nSPS) is 17.8. The Hall–Kier alpha value is -3.59. The van der Waals surface area contributed by atoms with Crippen LogP contribution in [0, 0.1) is 23.1 Å². The summed E-state index contributed by atoms with van der Waals surface area (Å²) in [5.74, 6) is -0.997. The number of nitrogens with one attached hydrogen (secondary N) is 2. The molecule has 0 spiro atoms. The van der Waals surface area contributed by atoms with Gasteiger partial charge in [-0.2, -0.15) is 10.4 Å². The Morgan fingerprint density at radius 2 is 2.15 bits per heavy atom. The topological polar surface area (TPSA) is 106 Å². The van der Waals surface area contributed by atoms with Gasteiger partial charge in [0.05, 0.1) is 24.3 Å². The van der Waals surface area contributed by atoms with E-state index in [1.807, 2.05) is 0 Å². The number of carbonyl (C=O) groups is 2. The van der Waals surface area contributed by atoms with Gasteiger partial charge in [-0.25, -0.2) is 18.0 Å². The lowest BCUT2D eigenvalue weighted by molar-refractivity contribution is 0.0776. The van der Waals surface area contributed by atoms with Gasteiger partial charge in [0.1, 0.15) is 17.6 Å². The Balaban J connectivity index is 1.50. The van der Waals surface area contributed by atoms with Crippen LogP contribution < -0.4 is 10.6 Å². The molecule has 0 bridgehead atoms. The second-order valence-electron chi connectivity index (χ2n) is 8.47. The quantitative estimate of drug-likeness (QED) is 0.689.